The lowest BCUT2D eigenvalue weighted by molar-refractivity contribution is -0.117. The van der Waals surface area contributed by atoms with Crippen molar-refractivity contribution in [3.05, 3.63) is 30.3 Å². The topological polar surface area (TPSA) is 87.7 Å². The van der Waals surface area contributed by atoms with Gasteiger partial charge in [-0.15, -0.1) is 5.10 Å². The van der Waals surface area contributed by atoms with Crippen molar-refractivity contribution < 1.29 is 4.79 Å². The molecule has 1 atom stereocenters. The lowest BCUT2D eigenvalue weighted by atomic mass is 10.2. The summed E-state index contributed by atoms with van der Waals surface area (Å²) in [5.41, 5.74) is 0.789. The van der Waals surface area contributed by atoms with Gasteiger partial charge < -0.3 is 4.90 Å². The van der Waals surface area contributed by atoms with Crippen molar-refractivity contribution in [2.45, 2.75) is 44.1 Å². The first-order valence-electron chi connectivity index (χ1n) is 8.19. The lowest BCUT2D eigenvalue weighted by Crippen LogP contribution is -2.37. The third kappa shape index (κ3) is 5.29. The van der Waals surface area contributed by atoms with Gasteiger partial charge in [0, 0.05) is 18.8 Å². The zero-order valence-corrected chi connectivity index (χ0v) is 15.5. The van der Waals surface area contributed by atoms with Crippen molar-refractivity contribution in [2.24, 2.45) is 5.92 Å². The van der Waals surface area contributed by atoms with Gasteiger partial charge >= 0.3 is 0 Å². The normalized spacial score (nSPS) is 12.0. The van der Waals surface area contributed by atoms with E-state index in [1.807, 2.05) is 37.3 Å². The van der Waals surface area contributed by atoms with Crippen LogP contribution < -0.4 is 4.90 Å². The Morgan fingerprint density at radius 3 is 2.68 bits per heavy atom. The zero-order valence-electron chi connectivity index (χ0n) is 14.7. The van der Waals surface area contributed by atoms with Crippen molar-refractivity contribution >= 4 is 23.4 Å². The van der Waals surface area contributed by atoms with E-state index in [2.05, 4.69) is 35.4 Å². The minimum atomic E-state index is -0.365. The highest BCUT2D eigenvalue weighted by Crippen LogP contribution is 2.25. The number of hydrogen-bond acceptors (Lipinski definition) is 6. The highest BCUT2D eigenvalue weighted by atomic mass is 32.2. The van der Waals surface area contributed by atoms with Gasteiger partial charge in [-0.05, 0) is 35.4 Å². The van der Waals surface area contributed by atoms with Crippen LogP contribution in [0.15, 0.2) is 35.5 Å². The van der Waals surface area contributed by atoms with Gasteiger partial charge in [-0.2, -0.15) is 5.26 Å². The lowest BCUT2D eigenvalue weighted by Gasteiger charge is -2.24. The van der Waals surface area contributed by atoms with Crippen molar-refractivity contribution in [3.63, 3.8) is 0 Å². The number of para-hydroxylation sites is 1. The van der Waals surface area contributed by atoms with Crippen LogP contribution >= 0.6 is 11.8 Å². The Labute approximate surface area is 152 Å². The molecule has 132 valence electrons. The molecule has 0 spiro atoms. The Bertz CT molecular complexity index is 724. The summed E-state index contributed by atoms with van der Waals surface area (Å²) in [7, 11) is 0. The first-order chi connectivity index (χ1) is 12.0. The molecule has 1 aromatic heterocycles. The van der Waals surface area contributed by atoms with Gasteiger partial charge in [0.1, 0.15) is 0 Å². The molecule has 0 saturated carbocycles. The molecule has 0 aliphatic rings. The standard InChI is InChI=1S/C17H22N6OS/c1-13(2)12-23-17(19-20-21-23)25-14(3)16(24)22(11-7-10-18)15-8-5-4-6-9-15/h4-6,8-9,13-14H,7,11-12H2,1-3H3. The molecule has 2 aromatic rings. The average Bonchev–Trinajstić information content (AvgIpc) is 3.02. The van der Waals surface area contributed by atoms with Gasteiger partial charge in [0.05, 0.1) is 17.7 Å². The van der Waals surface area contributed by atoms with E-state index in [1.54, 1.807) is 9.58 Å². The number of rotatable bonds is 8. The van der Waals surface area contributed by atoms with Crippen LogP contribution in [0.5, 0.6) is 0 Å². The summed E-state index contributed by atoms with van der Waals surface area (Å²) in [6.07, 6.45) is 0.281. The molecule has 0 N–H and O–H groups in total. The van der Waals surface area contributed by atoms with Gasteiger partial charge in [0.15, 0.2) is 0 Å². The molecule has 0 saturated heterocycles. The van der Waals surface area contributed by atoms with E-state index in [1.165, 1.54) is 11.8 Å². The van der Waals surface area contributed by atoms with Crippen molar-refractivity contribution in [1.29, 1.82) is 5.26 Å². The maximum atomic E-state index is 12.9. The zero-order chi connectivity index (χ0) is 18.2. The molecule has 8 heteroatoms. The van der Waals surface area contributed by atoms with E-state index >= 15 is 0 Å². The fraction of sp³-hybridized carbons (Fsp3) is 0.471. The molecule has 0 bridgehead atoms. The fourth-order valence-corrected chi connectivity index (χ4v) is 3.17. The highest BCUT2D eigenvalue weighted by molar-refractivity contribution is 8.00. The molecule has 1 heterocycles. The number of anilines is 1. The number of tetrazole rings is 1. The number of benzene rings is 1. The van der Waals surface area contributed by atoms with Crippen LogP contribution in [-0.2, 0) is 11.3 Å². The van der Waals surface area contributed by atoms with Crippen molar-refractivity contribution in [3.8, 4) is 6.07 Å². The Kier molecular flexibility index (Phi) is 6.95. The van der Waals surface area contributed by atoms with E-state index in [-0.39, 0.29) is 17.6 Å². The summed E-state index contributed by atoms with van der Waals surface area (Å²) in [6.45, 7) is 7.07. The predicted molar refractivity (Wildman–Crippen MR) is 97.0 cm³/mol. The maximum absolute atomic E-state index is 12.9. The summed E-state index contributed by atoms with van der Waals surface area (Å²) in [4.78, 5) is 14.6. The van der Waals surface area contributed by atoms with Crippen LogP contribution in [0.1, 0.15) is 27.2 Å². The molecule has 0 radical (unpaired) electrons. The number of thioether (sulfide) groups is 1. The second-order valence-corrected chi connectivity index (χ2v) is 7.34. The number of carbonyl (C=O) groups is 1. The molecule has 25 heavy (non-hydrogen) atoms. The number of carbonyl (C=O) groups excluding carboxylic acids is 1. The maximum Gasteiger partial charge on any atom is 0.240 e. The van der Waals surface area contributed by atoms with E-state index in [0.29, 0.717) is 24.2 Å². The van der Waals surface area contributed by atoms with E-state index < -0.39 is 0 Å². The Balaban J connectivity index is 2.13. The van der Waals surface area contributed by atoms with E-state index in [9.17, 15) is 4.79 Å². The number of amides is 1. The van der Waals surface area contributed by atoms with Crippen LogP contribution in [0.4, 0.5) is 5.69 Å². The van der Waals surface area contributed by atoms with Gasteiger partial charge in [0.25, 0.3) is 0 Å². The first-order valence-corrected chi connectivity index (χ1v) is 9.07. The van der Waals surface area contributed by atoms with Gasteiger partial charge in [-0.1, -0.05) is 43.8 Å². The molecule has 0 aliphatic carbocycles. The smallest absolute Gasteiger partial charge is 0.240 e. The van der Waals surface area contributed by atoms with Crippen LogP contribution in [0.25, 0.3) is 0 Å². The van der Waals surface area contributed by atoms with Crippen LogP contribution in [0.3, 0.4) is 0 Å². The van der Waals surface area contributed by atoms with Crippen LogP contribution in [0, 0.1) is 17.2 Å². The van der Waals surface area contributed by atoms with Gasteiger partial charge in [0.2, 0.25) is 11.1 Å². The van der Waals surface area contributed by atoms with Gasteiger partial charge in [-0.25, -0.2) is 4.68 Å². The third-order valence-corrected chi connectivity index (χ3v) is 4.51. The van der Waals surface area contributed by atoms with E-state index in [4.69, 9.17) is 5.26 Å². The Hall–Kier alpha value is -2.40. The Morgan fingerprint density at radius 1 is 1.32 bits per heavy atom. The third-order valence-electron chi connectivity index (χ3n) is 3.45. The highest BCUT2D eigenvalue weighted by Gasteiger charge is 2.24. The molecule has 0 fully saturated rings. The van der Waals surface area contributed by atoms with Crippen molar-refractivity contribution in [1.82, 2.24) is 20.2 Å². The second-order valence-electron chi connectivity index (χ2n) is 6.03. The second kappa shape index (κ2) is 9.18. The minimum Gasteiger partial charge on any atom is -0.310 e. The first kappa shape index (κ1) is 18.9. The summed E-state index contributed by atoms with van der Waals surface area (Å²) >= 11 is 1.34. The molecule has 1 aromatic carbocycles. The summed E-state index contributed by atoms with van der Waals surface area (Å²) in [6, 6.07) is 11.5. The summed E-state index contributed by atoms with van der Waals surface area (Å²) in [5, 5.41) is 20.9. The molecule has 0 aliphatic heterocycles. The predicted octanol–water partition coefficient (Wildman–Crippen LogP) is 2.76. The molecular weight excluding hydrogens is 336 g/mol. The molecular formula is C17H22N6OS. The number of aromatic nitrogens is 4. The SMILES string of the molecule is CC(C)Cn1nnnc1SC(C)C(=O)N(CCC#N)c1ccccc1. The number of hydrogen-bond donors (Lipinski definition) is 0. The fourth-order valence-electron chi connectivity index (χ4n) is 2.31. The van der Waals surface area contributed by atoms with Crippen LogP contribution in [-0.4, -0.2) is 37.9 Å². The monoisotopic (exact) mass is 358 g/mol. The molecule has 1 unspecified atom stereocenters. The average molecular weight is 358 g/mol. The molecule has 2 rings (SSSR count). The number of nitriles is 1. The molecule has 1 amide bonds. The minimum absolute atomic E-state index is 0.0643. The van der Waals surface area contributed by atoms with Crippen molar-refractivity contribution in [2.75, 3.05) is 11.4 Å². The quantitative estimate of drug-likeness (QED) is 0.674. The summed E-state index contributed by atoms with van der Waals surface area (Å²) in [5.74, 6) is 0.343. The largest absolute Gasteiger partial charge is 0.310 e. The Morgan fingerprint density at radius 2 is 2.04 bits per heavy atom. The number of nitrogens with zero attached hydrogens (tertiary/aromatic N) is 6. The van der Waals surface area contributed by atoms with Crippen LogP contribution in [0.2, 0.25) is 0 Å². The van der Waals surface area contributed by atoms with E-state index in [0.717, 1.165) is 5.69 Å². The van der Waals surface area contributed by atoms with Gasteiger partial charge in [-0.3, -0.25) is 4.79 Å². The molecule has 7 nitrogen and oxygen atoms in total. The summed E-state index contributed by atoms with van der Waals surface area (Å²) < 4.78 is 1.72.